The fourth-order valence-electron chi connectivity index (χ4n) is 2.37. The molecule has 0 unspecified atom stereocenters. The first-order valence-electron chi connectivity index (χ1n) is 8.50. The van der Waals surface area contributed by atoms with Gasteiger partial charge < -0.3 is 13.9 Å². The number of ether oxygens (including phenoxy) is 2. The van der Waals surface area contributed by atoms with Crippen LogP contribution in [0.15, 0.2) is 24.8 Å². The Bertz CT molecular complexity index is 524. The van der Waals surface area contributed by atoms with Crippen LogP contribution in [0.2, 0.25) is 18.1 Å². The van der Waals surface area contributed by atoms with E-state index < -0.39 is 20.4 Å². The molecule has 1 rings (SSSR count). The van der Waals surface area contributed by atoms with Crippen LogP contribution < -0.4 is 0 Å². The van der Waals surface area contributed by atoms with Crippen molar-refractivity contribution in [1.29, 1.82) is 0 Å². The third-order valence-corrected chi connectivity index (χ3v) is 9.32. The average Bonchev–Trinajstić information content (AvgIpc) is 2.91. The maximum atomic E-state index is 12.3. The van der Waals surface area contributed by atoms with Crippen LogP contribution in [-0.2, 0) is 18.7 Å². The third kappa shape index (κ3) is 6.00. The second-order valence-corrected chi connectivity index (χ2v) is 12.5. The number of likely N-dealkylation sites (tertiary alicyclic amines) is 1. The van der Waals surface area contributed by atoms with Gasteiger partial charge in [-0.2, -0.15) is 0 Å². The molecule has 1 amide bonds. The lowest BCUT2D eigenvalue weighted by Crippen LogP contribution is -2.44. The molecule has 0 aromatic heterocycles. The molecule has 0 N–H and O–H groups in total. The number of rotatable bonds is 6. The molecule has 142 valence electrons. The predicted molar refractivity (Wildman–Crippen MR) is 99.9 cm³/mol. The van der Waals surface area contributed by atoms with Gasteiger partial charge in [-0.3, -0.25) is 4.90 Å². The van der Waals surface area contributed by atoms with Gasteiger partial charge in [-0.1, -0.05) is 39.5 Å². The summed E-state index contributed by atoms with van der Waals surface area (Å²) in [7, 11) is -0.631. The first-order chi connectivity index (χ1) is 11.5. The van der Waals surface area contributed by atoms with Gasteiger partial charge in [0, 0.05) is 12.6 Å². The van der Waals surface area contributed by atoms with Gasteiger partial charge in [0.15, 0.2) is 8.32 Å². The number of methoxy groups -OCH3 is 1. The van der Waals surface area contributed by atoms with E-state index in [9.17, 15) is 9.59 Å². The molecule has 1 saturated heterocycles. The largest absolute Gasteiger partial charge is 0.466 e. The monoisotopic (exact) mass is 369 g/mol. The second-order valence-electron chi connectivity index (χ2n) is 7.70. The molecule has 0 aliphatic carbocycles. The molecule has 2 atom stereocenters. The van der Waals surface area contributed by atoms with Crippen LogP contribution in [0.1, 0.15) is 27.2 Å². The van der Waals surface area contributed by atoms with E-state index in [4.69, 9.17) is 9.16 Å². The molecule has 6 nitrogen and oxygen atoms in total. The maximum absolute atomic E-state index is 12.3. The summed E-state index contributed by atoms with van der Waals surface area (Å²) in [4.78, 5) is 25.3. The zero-order valence-electron chi connectivity index (χ0n) is 16.2. The Morgan fingerprint density at radius 1 is 1.32 bits per heavy atom. The lowest BCUT2D eigenvalue weighted by Gasteiger charge is -2.38. The molecule has 0 bridgehead atoms. The van der Waals surface area contributed by atoms with Crippen LogP contribution in [0.25, 0.3) is 0 Å². The van der Waals surface area contributed by atoms with Crippen molar-refractivity contribution in [2.45, 2.75) is 57.5 Å². The number of carbonyl (C=O) groups is 2. The van der Waals surface area contributed by atoms with Crippen LogP contribution in [0.4, 0.5) is 4.79 Å². The molecular weight excluding hydrogens is 338 g/mol. The predicted octanol–water partition coefficient (Wildman–Crippen LogP) is 3.50. The summed E-state index contributed by atoms with van der Waals surface area (Å²) in [6, 6.07) is -0.258. The minimum Gasteiger partial charge on any atom is -0.466 e. The van der Waals surface area contributed by atoms with Crippen molar-refractivity contribution in [2.24, 2.45) is 0 Å². The van der Waals surface area contributed by atoms with Crippen molar-refractivity contribution in [3.05, 3.63) is 24.8 Å². The average molecular weight is 370 g/mol. The number of esters is 1. The molecule has 1 aliphatic rings. The fraction of sp³-hybridized carbons (Fsp3) is 0.667. The SMILES string of the molecule is C=CCOC(=O)N1C[C@H](O[Si](C)(C)C(C)(C)C)C[C@H]1C=CC(=O)OC. The Balaban J connectivity index is 2.89. The smallest absolute Gasteiger partial charge is 0.410 e. The first-order valence-corrected chi connectivity index (χ1v) is 11.4. The molecule has 7 heteroatoms. The van der Waals surface area contributed by atoms with Crippen LogP contribution in [0.3, 0.4) is 0 Å². The van der Waals surface area contributed by atoms with Gasteiger partial charge in [0.25, 0.3) is 0 Å². The summed E-state index contributed by atoms with van der Waals surface area (Å²) < 4.78 is 16.2. The summed E-state index contributed by atoms with van der Waals surface area (Å²) >= 11 is 0. The summed E-state index contributed by atoms with van der Waals surface area (Å²) in [5, 5.41) is 0.0844. The second kappa shape index (κ2) is 8.67. The summed E-state index contributed by atoms with van der Waals surface area (Å²) in [5.41, 5.74) is 0. The summed E-state index contributed by atoms with van der Waals surface area (Å²) in [6.07, 6.45) is 4.66. The molecule has 0 radical (unpaired) electrons. The number of carbonyl (C=O) groups excluding carboxylic acids is 2. The van der Waals surface area contributed by atoms with Gasteiger partial charge in [-0.25, -0.2) is 9.59 Å². The Labute approximate surface area is 151 Å². The van der Waals surface area contributed by atoms with Crippen molar-refractivity contribution >= 4 is 20.4 Å². The van der Waals surface area contributed by atoms with Crippen LogP contribution in [-0.4, -0.2) is 57.7 Å². The summed E-state index contributed by atoms with van der Waals surface area (Å²) in [5.74, 6) is -0.451. The fourth-order valence-corrected chi connectivity index (χ4v) is 3.73. The number of hydrogen-bond acceptors (Lipinski definition) is 5. The van der Waals surface area contributed by atoms with E-state index in [0.29, 0.717) is 13.0 Å². The maximum Gasteiger partial charge on any atom is 0.410 e. The molecule has 0 aromatic carbocycles. The Kier molecular flexibility index (Phi) is 7.43. The van der Waals surface area contributed by atoms with E-state index in [1.54, 1.807) is 11.0 Å². The molecular formula is C18H31NO5Si. The van der Waals surface area contributed by atoms with E-state index in [1.807, 2.05) is 0 Å². The van der Waals surface area contributed by atoms with E-state index in [0.717, 1.165) is 0 Å². The topological polar surface area (TPSA) is 65.1 Å². The van der Waals surface area contributed by atoms with E-state index in [1.165, 1.54) is 19.3 Å². The van der Waals surface area contributed by atoms with Crippen LogP contribution in [0, 0.1) is 0 Å². The molecule has 0 spiro atoms. The Morgan fingerprint density at radius 3 is 2.48 bits per heavy atom. The van der Waals surface area contributed by atoms with Gasteiger partial charge in [0.05, 0.1) is 19.3 Å². The quantitative estimate of drug-likeness (QED) is 0.310. The number of amides is 1. The van der Waals surface area contributed by atoms with Crippen molar-refractivity contribution in [2.75, 3.05) is 20.3 Å². The van der Waals surface area contributed by atoms with Gasteiger partial charge in [-0.05, 0) is 24.6 Å². The standard InChI is InChI=1S/C18H31NO5Si/c1-8-11-23-17(21)19-13-15(24-25(6,7)18(2,3)4)12-14(19)9-10-16(20)22-5/h8-10,14-15H,1,11-13H2,2-7H3/t14-,15-/m1/s1. The number of nitrogens with zero attached hydrogens (tertiary/aromatic N) is 1. The summed E-state index contributed by atoms with van der Waals surface area (Å²) in [6.45, 7) is 15.1. The highest BCUT2D eigenvalue weighted by atomic mass is 28.4. The minimum atomic E-state index is -1.95. The number of hydrogen-bond donors (Lipinski definition) is 0. The van der Waals surface area contributed by atoms with Crippen LogP contribution in [0.5, 0.6) is 0 Å². The lowest BCUT2D eigenvalue weighted by atomic mass is 10.2. The van der Waals surface area contributed by atoms with Gasteiger partial charge in [-0.15, -0.1) is 0 Å². The highest BCUT2D eigenvalue weighted by Crippen LogP contribution is 2.39. The molecule has 1 aliphatic heterocycles. The van der Waals surface area contributed by atoms with Gasteiger partial charge >= 0.3 is 12.1 Å². The van der Waals surface area contributed by atoms with Crippen molar-refractivity contribution < 1.29 is 23.5 Å². The van der Waals surface area contributed by atoms with E-state index in [-0.39, 0.29) is 23.8 Å². The zero-order valence-corrected chi connectivity index (χ0v) is 17.2. The Morgan fingerprint density at radius 2 is 1.96 bits per heavy atom. The molecule has 25 heavy (non-hydrogen) atoms. The van der Waals surface area contributed by atoms with Gasteiger partial charge in [0.2, 0.25) is 0 Å². The first kappa shape index (κ1) is 21.4. The molecule has 1 heterocycles. The lowest BCUT2D eigenvalue weighted by molar-refractivity contribution is -0.134. The normalized spacial score (nSPS) is 21.4. The van der Waals surface area contributed by atoms with Gasteiger partial charge in [0.1, 0.15) is 6.61 Å². The van der Waals surface area contributed by atoms with Crippen molar-refractivity contribution in [1.82, 2.24) is 4.90 Å². The van der Waals surface area contributed by atoms with Crippen molar-refractivity contribution in [3.63, 3.8) is 0 Å². The zero-order chi connectivity index (χ0) is 19.3. The van der Waals surface area contributed by atoms with Crippen LogP contribution >= 0.6 is 0 Å². The van der Waals surface area contributed by atoms with Crippen molar-refractivity contribution in [3.8, 4) is 0 Å². The molecule has 1 fully saturated rings. The van der Waals surface area contributed by atoms with E-state index in [2.05, 4.69) is 45.2 Å². The molecule has 0 saturated carbocycles. The highest BCUT2D eigenvalue weighted by molar-refractivity contribution is 6.74. The minimum absolute atomic E-state index is 0.0792. The molecule has 0 aromatic rings. The van der Waals surface area contributed by atoms with E-state index >= 15 is 0 Å². The Hall–Kier alpha value is -1.60. The highest BCUT2D eigenvalue weighted by Gasteiger charge is 2.43. The third-order valence-electron chi connectivity index (χ3n) is 4.79.